The third kappa shape index (κ3) is 7.73. The summed E-state index contributed by atoms with van der Waals surface area (Å²) in [4.78, 5) is 26.9. The maximum absolute atomic E-state index is 13.6. The number of nitriles is 1. The summed E-state index contributed by atoms with van der Waals surface area (Å²) in [6.07, 6.45) is 3.14. The number of anilines is 3. The molecule has 13 heteroatoms. The summed E-state index contributed by atoms with van der Waals surface area (Å²) in [7, 11) is -0.240. The number of rotatable bonds is 8. The first-order valence-electron chi connectivity index (χ1n) is 16.6. The largest absolute Gasteiger partial charge is 0.443 e. The van der Waals surface area contributed by atoms with Gasteiger partial charge in [0.15, 0.2) is 8.32 Å². The number of nitrogens with zero attached hydrogens (tertiary/aromatic N) is 7. The first-order valence-corrected chi connectivity index (χ1v) is 19.5. The van der Waals surface area contributed by atoms with Gasteiger partial charge in [0.2, 0.25) is 5.95 Å². The molecule has 3 aromatic rings. The molecule has 1 atom stereocenters. The number of ether oxygens (including phenoxy) is 2. The van der Waals surface area contributed by atoms with Crippen LogP contribution >= 0.6 is 0 Å². The molecule has 0 spiro atoms. The second-order valence-corrected chi connectivity index (χ2v) is 20.5. The molecule has 48 heavy (non-hydrogen) atoms. The summed E-state index contributed by atoms with van der Waals surface area (Å²) in [5.74, 6) is 0.419. The first-order chi connectivity index (χ1) is 22.4. The molecule has 12 nitrogen and oxygen atoms in total. The van der Waals surface area contributed by atoms with E-state index in [0.29, 0.717) is 55.8 Å². The lowest BCUT2D eigenvalue weighted by molar-refractivity contribution is 0.0336. The minimum atomic E-state index is -2.13. The van der Waals surface area contributed by atoms with Gasteiger partial charge in [0, 0.05) is 63.2 Å². The molecule has 2 aliphatic heterocycles. The Hall–Kier alpha value is -3.83. The summed E-state index contributed by atoms with van der Waals surface area (Å²) < 4.78 is 19.9. The Bertz CT molecular complexity index is 1700. The molecule has 0 radical (unpaired) electrons. The van der Waals surface area contributed by atoms with Crippen LogP contribution in [0.4, 0.5) is 22.1 Å². The minimum Gasteiger partial charge on any atom is -0.443 e. The van der Waals surface area contributed by atoms with E-state index in [1.807, 2.05) is 46.1 Å². The SMILES string of the molecule is Cn1cc(Nc2nccc(-c3cc(C#N)c4c(c3)[C@@](C)(CO[Si](C)(C)C(C)(C)C)CN4C(=O)OC(C)(C)C)n2)c(CN2CCOCC2)n1. The Kier molecular flexibility index (Phi) is 9.78. The van der Waals surface area contributed by atoms with Gasteiger partial charge in [-0.3, -0.25) is 14.5 Å². The molecular formula is C35H50N8O4Si. The van der Waals surface area contributed by atoms with E-state index in [2.05, 4.69) is 67.2 Å². The maximum Gasteiger partial charge on any atom is 0.414 e. The maximum atomic E-state index is 13.6. The Morgan fingerprint density at radius 1 is 1.17 bits per heavy atom. The fraction of sp³-hybridized carbons (Fsp3) is 0.571. The lowest BCUT2D eigenvalue weighted by Gasteiger charge is -2.39. The summed E-state index contributed by atoms with van der Waals surface area (Å²) in [5.41, 5.74) is 3.63. The smallest absolute Gasteiger partial charge is 0.414 e. The fourth-order valence-electron chi connectivity index (χ4n) is 5.71. The highest BCUT2D eigenvalue weighted by molar-refractivity contribution is 6.74. The molecule has 1 fully saturated rings. The van der Waals surface area contributed by atoms with Crippen LogP contribution in [-0.4, -0.2) is 84.1 Å². The zero-order valence-electron chi connectivity index (χ0n) is 30.1. The number of hydrogen-bond acceptors (Lipinski definition) is 10. The number of hydrogen-bond donors (Lipinski definition) is 1. The zero-order valence-corrected chi connectivity index (χ0v) is 31.1. The highest BCUT2D eigenvalue weighted by atomic mass is 28.4. The molecule has 2 aliphatic rings. The Balaban J connectivity index is 1.51. The first kappa shape index (κ1) is 35.5. The van der Waals surface area contributed by atoms with Crippen LogP contribution in [0, 0.1) is 11.3 Å². The van der Waals surface area contributed by atoms with Gasteiger partial charge in [0.25, 0.3) is 0 Å². The molecule has 0 saturated carbocycles. The van der Waals surface area contributed by atoms with Crippen LogP contribution in [0.15, 0.2) is 30.6 Å². The molecule has 1 saturated heterocycles. The molecule has 1 amide bonds. The van der Waals surface area contributed by atoms with Gasteiger partial charge in [-0.1, -0.05) is 27.7 Å². The number of fused-ring (bicyclic) bond motifs is 1. The monoisotopic (exact) mass is 674 g/mol. The van der Waals surface area contributed by atoms with Crippen LogP contribution in [0.25, 0.3) is 11.3 Å². The van der Waals surface area contributed by atoms with E-state index in [4.69, 9.17) is 18.9 Å². The van der Waals surface area contributed by atoms with E-state index in [1.165, 1.54) is 0 Å². The average Bonchev–Trinajstić information content (AvgIpc) is 3.50. The quantitative estimate of drug-likeness (QED) is 0.270. The highest BCUT2D eigenvalue weighted by Crippen LogP contribution is 2.47. The van der Waals surface area contributed by atoms with Gasteiger partial charge >= 0.3 is 6.09 Å². The van der Waals surface area contributed by atoms with E-state index in [1.54, 1.807) is 21.8 Å². The van der Waals surface area contributed by atoms with Crippen molar-refractivity contribution in [2.24, 2.45) is 7.05 Å². The molecular weight excluding hydrogens is 625 g/mol. The zero-order chi connectivity index (χ0) is 35.1. The Morgan fingerprint density at radius 2 is 1.88 bits per heavy atom. The number of aryl methyl sites for hydroxylation is 1. The van der Waals surface area contributed by atoms with Crippen LogP contribution in [0.3, 0.4) is 0 Å². The number of nitrogens with one attached hydrogen (secondary N) is 1. The van der Waals surface area contributed by atoms with Crippen molar-refractivity contribution in [3.05, 3.63) is 47.4 Å². The fourth-order valence-corrected chi connectivity index (χ4v) is 6.82. The van der Waals surface area contributed by atoms with Gasteiger partial charge in [0.05, 0.1) is 41.5 Å². The highest BCUT2D eigenvalue weighted by Gasteiger charge is 2.47. The van der Waals surface area contributed by atoms with Gasteiger partial charge in [-0.2, -0.15) is 10.4 Å². The summed E-state index contributed by atoms with van der Waals surface area (Å²) in [6, 6.07) is 8.01. The molecule has 5 rings (SSSR count). The minimum absolute atomic E-state index is 0.00992. The van der Waals surface area contributed by atoms with Crippen LogP contribution in [-0.2, 0) is 32.9 Å². The average molecular weight is 675 g/mol. The van der Waals surface area contributed by atoms with E-state index >= 15 is 0 Å². The van der Waals surface area contributed by atoms with Gasteiger partial charge < -0.3 is 19.2 Å². The molecule has 1 N–H and O–H groups in total. The predicted molar refractivity (Wildman–Crippen MR) is 189 cm³/mol. The third-order valence-corrected chi connectivity index (χ3v) is 13.9. The summed E-state index contributed by atoms with van der Waals surface area (Å²) in [6.45, 7) is 23.2. The van der Waals surface area contributed by atoms with E-state index in [0.717, 1.165) is 35.6 Å². The number of morpholine rings is 1. The molecule has 0 bridgehead atoms. The summed E-state index contributed by atoms with van der Waals surface area (Å²) in [5, 5.41) is 18.5. The van der Waals surface area contributed by atoms with Crippen LogP contribution < -0.4 is 10.2 Å². The van der Waals surface area contributed by atoms with Crippen molar-refractivity contribution in [2.75, 3.05) is 49.7 Å². The van der Waals surface area contributed by atoms with Gasteiger partial charge in [0.1, 0.15) is 11.7 Å². The topological polar surface area (TPSA) is 131 Å². The number of benzene rings is 1. The van der Waals surface area contributed by atoms with Crippen molar-refractivity contribution >= 4 is 31.7 Å². The predicted octanol–water partition coefficient (Wildman–Crippen LogP) is 6.36. The van der Waals surface area contributed by atoms with Crippen molar-refractivity contribution in [1.29, 1.82) is 5.26 Å². The third-order valence-electron chi connectivity index (χ3n) is 9.41. The van der Waals surface area contributed by atoms with Crippen LogP contribution in [0.1, 0.15) is 65.3 Å². The molecule has 2 aromatic heterocycles. The summed E-state index contributed by atoms with van der Waals surface area (Å²) >= 11 is 0. The molecule has 4 heterocycles. The lowest BCUT2D eigenvalue weighted by atomic mass is 9.83. The second-order valence-electron chi connectivity index (χ2n) is 15.7. The molecule has 258 valence electrons. The van der Waals surface area contributed by atoms with Crippen LogP contribution in [0.2, 0.25) is 18.1 Å². The lowest BCUT2D eigenvalue weighted by Crippen LogP contribution is -2.46. The Labute approximate surface area is 285 Å². The van der Waals surface area contributed by atoms with Crippen molar-refractivity contribution in [2.45, 2.75) is 84.2 Å². The normalized spacial score (nSPS) is 18.8. The van der Waals surface area contributed by atoms with Crippen LogP contribution in [0.5, 0.6) is 0 Å². The number of aromatic nitrogens is 4. The van der Waals surface area contributed by atoms with Crippen molar-refractivity contribution in [3.8, 4) is 17.3 Å². The van der Waals surface area contributed by atoms with Crippen molar-refractivity contribution < 1.29 is 18.7 Å². The standard InChI is InChI=1S/C35H50N8O4Si/c1-33(2,3)47-32(44)43-22-35(7,23-46-48(9,10)34(4,5)6)26-18-24(17-25(19-36)30(26)43)27-11-12-37-31(38-27)39-28-20-41(8)40-29(28)21-42-13-15-45-16-14-42/h11-12,17-18,20H,13-16,21-23H2,1-10H3,(H,37,38,39)/t35-/m1/s1. The van der Waals surface area contributed by atoms with Crippen molar-refractivity contribution in [3.63, 3.8) is 0 Å². The van der Waals surface area contributed by atoms with E-state index in [-0.39, 0.29) is 5.04 Å². The van der Waals surface area contributed by atoms with Gasteiger partial charge in [-0.05, 0) is 62.7 Å². The number of amides is 1. The molecule has 0 aliphatic carbocycles. The van der Waals surface area contributed by atoms with Gasteiger partial charge in [-0.15, -0.1) is 0 Å². The van der Waals surface area contributed by atoms with E-state index in [9.17, 15) is 10.1 Å². The number of carbonyl (C=O) groups excluding carboxylic acids is 1. The van der Waals surface area contributed by atoms with Crippen molar-refractivity contribution in [1.82, 2.24) is 24.6 Å². The van der Waals surface area contributed by atoms with Gasteiger partial charge in [-0.25, -0.2) is 14.8 Å². The number of carbonyl (C=O) groups is 1. The Morgan fingerprint density at radius 3 is 2.52 bits per heavy atom. The molecule has 1 aromatic carbocycles. The van der Waals surface area contributed by atoms with E-state index < -0.39 is 25.4 Å². The molecule has 0 unspecified atom stereocenters. The second kappa shape index (κ2) is 13.2.